The van der Waals surface area contributed by atoms with Crippen molar-refractivity contribution in [3.8, 4) is 11.8 Å². The summed E-state index contributed by atoms with van der Waals surface area (Å²) in [5.41, 5.74) is 0. The minimum atomic E-state index is -0.186. The van der Waals surface area contributed by atoms with E-state index in [1.54, 1.807) is 12.3 Å². The van der Waals surface area contributed by atoms with Crippen molar-refractivity contribution < 1.29 is 9.90 Å². The van der Waals surface area contributed by atoms with Crippen molar-refractivity contribution in [2.24, 2.45) is 0 Å². The molecule has 0 spiro atoms. The fourth-order valence-corrected chi connectivity index (χ4v) is 2.39. The molecule has 0 bridgehead atoms. The van der Waals surface area contributed by atoms with Crippen LogP contribution in [0.5, 0.6) is 0 Å². The van der Waals surface area contributed by atoms with Gasteiger partial charge in [0.25, 0.3) is 5.91 Å². The molecule has 0 fully saturated rings. The second-order valence-electron chi connectivity index (χ2n) is 2.92. The third kappa shape index (κ3) is 3.14. The summed E-state index contributed by atoms with van der Waals surface area (Å²) in [5.74, 6) is 5.08. The van der Waals surface area contributed by atoms with Crippen LogP contribution in [-0.4, -0.2) is 22.6 Å². The first-order valence-electron chi connectivity index (χ1n) is 4.70. The maximum Gasteiger partial charge on any atom is 0.267 e. The van der Waals surface area contributed by atoms with E-state index in [1.165, 1.54) is 22.7 Å². The molecule has 0 unspecified atom stereocenters. The fourth-order valence-electron chi connectivity index (χ4n) is 1.08. The van der Waals surface area contributed by atoms with Gasteiger partial charge in [0, 0.05) is 0 Å². The van der Waals surface area contributed by atoms with Crippen LogP contribution in [0.2, 0.25) is 0 Å². The van der Waals surface area contributed by atoms with Crippen molar-refractivity contribution in [1.82, 2.24) is 4.98 Å². The number of nitrogens with one attached hydrogen (secondary N) is 1. The largest absolute Gasteiger partial charge is 0.384 e. The number of aliphatic hydroxyl groups excluding tert-OH is 1. The van der Waals surface area contributed by atoms with Crippen molar-refractivity contribution in [3.63, 3.8) is 0 Å². The van der Waals surface area contributed by atoms with Gasteiger partial charge in [-0.25, -0.2) is 4.98 Å². The van der Waals surface area contributed by atoms with Gasteiger partial charge in [0.1, 0.15) is 6.61 Å². The summed E-state index contributed by atoms with van der Waals surface area (Å²) in [6.07, 6.45) is 1.57. The zero-order valence-electron chi connectivity index (χ0n) is 8.64. The van der Waals surface area contributed by atoms with Crippen molar-refractivity contribution in [3.05, 3.63) is 33.5 Å². The molecule has 0 aliphatic carbocycles. The highest BCUT2D eigenvalue weighted by Crippen LogP contribution is 2.18. The molecule has 0 radical (unpaired) electrons. The van der Waals surface area contributed by atoms with Crippen LogP contribution >= 0.6 is 22.7 Å². The highest BCUT2D eigenvalue weighted by Gasteiger charge is 2.08. The predicted octanol–water partition coefficient (Wildman–Crippen LogP) is 1.80. The number of hydrogen-bond donors (Lipinski definition) is 2. The molecular formula is C11H8N2O2S2. The summed E-state index contributed by atoms with van der Waals surface area (Å²) < 4.78 is 0. The Bertz CT molecular complexity index is 564. The summed E-state index contributed by atoms with van der Waals surface area (Å²) in [7, 11) is 0. The highest BCUT2D eigenvalue weighted by atomic mass is 32.1. The summed E-state index contributed by atoms with van der Waals surface area (Å²) >= 11 is 2.65. The van der Waals surface area contributed by atoms with E-state index in [1.807, 2.05) is 11.4 Å². The molecular weight excluding hydrogens is 256 g/mol. The lowest BCUT2D eigenvalue weighted by Gasteiger charge is -1.96. The maximum atomic E-state index is 11.7. The number of aliphatic hydroxyl groups is 1. The van der Waals surface area contributed by atoms with Crippen LogP contribution in [0.15, 0.2) is 23.7 Å². The quantitative estimate of drug-likeness (QED) is 0.813. The van der Waals surface area contributed by atoms with Crippen LogP contribution in [0.1, 0.15) is 14.5 Å². The number of nitrogens with zero attached hydrogens (tertiary/aromatic N) is 1. The van der Waals surface area contributed by atoms with Crippen LogP contribution in [0, 0.1) is 11.8 Å². The lowest BCUT2D eigenvalue weighted by Crippen LogP contribution is -2.09. The molecule has 17 heavy (non-hydrogen) atoms. The number of anilines is 1. The van der Waals surface area contributed by atoms with Gasteiger partial charge in [-0.05, 0) is 11.4 Å². The molecule has 0 aromatic carbocycles. The summed E-state index contributed by atoms with van der Waals surface area (Å²) in [5, 5.41) is 13.6. The number of rotatable bonds is 2. The first-order chi connectivity index (χ1) is 8.29. The van der Waals surface area contributed by atoms with E-state index in [2.05, 4.69) is 22.1 Å². The topological polar surface area (TPSA) is 62.2 Å². The molecule has 4 nitrogen and oxygen atoms in total. The monoisotopic (exact) mass is 264 g/mol. The van der Waals surface area contributed by atoms with E-state index in [9.17, 15) is 4.79 Å². The van der Waals surface area contributed by atoms with Crippen LogP contribution in [0.25, 0.3) is 0 Å². The van der Waals surface area contributed by atoms with Gasteiger partial charge in [-0.15, -0.1) is 11.3 Å². The average Bonchev–Trinajstić information content (AvgIpc) is 2.97. The molecule has 86 valence electrons. The summed E-state index contributed by atoms with van der Waals surface area (Å²) in [6, 6.07) is 3.57. The van der Waals surface area contributed by atoms with Crippen molar-refractivity contribution >= 4 is 33.7 Å². The molecule has 2 N–H and O–H groups in total. The maximum absolute atomic E-state index is 11.7. The van der Waals surface area contributed by atoms with Gasteiger partial charge in [0.2, 0.25) is 0 Å². The molecule has 1 amide bonds. The lowest BCUT2D eigenvalue weighted by atomic mass is 10.4. The minimum Gasteiger partial charge on any atom is -0.384 e. The Labute approximate surface area is 106 Å². The van der Waals surface area contributed by atoms with E-state index in [-0.39, 0.29) is 12.5 Å². The van der Waals surface area contributed by atoms with Gasteiger partial charge in [-0.3, -0.25) is 10.1 Å². The molecule has 0 saturated carbocycles. The smallest absolute Gasteiger partial charge is 0.267 e. The SMILES string of the molecule is O=C(Nc1ncc(C#CCO)s1)c1cccs1. The van der Waals surface area contributed by atoms with Gasteiger partial charge in [0.05, 0.1) is 16.0 Å². The van der Waals surface area contributed by atoms with E-state index >= 15 is 0 Å². The molecule has 0 atom stereocenters. The standard InChI is InChI=1S/C11H8N2O2S2/c14-5-1-3-8-7-12-11(17-8)13-10(15)9-4-2-6-16-9/h2,4,6-7,14H,5H2,(H,12,13,15). The molecule has 2 heterocycles. The normalized spacial score (nSPS) is 9.47. The van der Waals surface area contributed by atoms with Crippen molar-refractivity contribution in [2.45, 2.75) is 0 Å². The Kier molecular flexibility index (Phi) is 3.88. The summed E-state index contributed by atoms with van der Waals surface area (Å²) in [4.78, 5) is 17.1. The van der Waals surface area contributed by atoms with Crippen LogP contribution < -0.4 is 5.32 Å². The van der Waals surface area contributed by atoms with Gasteiger partial charge in [-0.2, -0.15) is 0 Å². The van der Waals surface area contributed by atoms with E-state index in [4.69, 9.17) is 5.11 Å². The van der Waals surface area contributed by atoms with Crippen LogP contribution in [-0.2, 0) is 0 Å². The Morgan fingerprint density at radius 1 is 1.59 bits per heavy atom. The predicted molar refractivity (Wildman–Crippen MR) is 68.4 cm³/mol. The lowest BCUT2D eigenvalue weighted by molar-refractivity contribution is 0.103. The molecule has 6 heteroatoms. The Morgan fingerprint density at radius 3 is 3.18 bits per heavy atom. The zero-order valence-corrected chi connectivity index (χ0v) is 10.3. The average molecular weight is 264 g/mol. The van der Waals surface area contributed by atoms with Crippen molar-refractivity contribution in [2.75, 3.05) is 11.9 Å². The summed E-state index contributed by atoms with van der Waals surface area (Å²) in [6.45, 7) is -0.186. The van der Waals surface area contributed by atoms with E-state index in [0.717, 1.165) is 0 Å². The number of carbonyl (C=O) groups is 1. The molecule has 2 rings (SSSR count). The number of thiophene rings is 1. The van der Waals surface area contributed by atoms with Gasteiger partial charge in [0.15, 0.2) is 5.13 Å². The van der Waals surface area contributed by atoms with E-state index in [0.29, 0.717) is 14.9 Å². The van der Waals surface area contributed by atoms with Crippen molar-refractivity contribution in [1.29, 1.82) is 0 Å². The Hall–Kier alpha value is -1.68. The van der Waals surface area contributed by atoms with Crippen LogP contribution in [0.4, 0.5) is 5.13 Å². The Morgan fingerprint density at radius 2 is 2.47 bits per heavy atom. The van der Waals surface area contributed by atoms with E-state index < -0.39 is 0 Å². The Balaban J connectivity index is 2.04. The molecule has 2 aromatic heterocycles. The molecule has 0 saturated heterocycles. The molecule has 0 aliphatic rings. The third-order valence-corrected chi connectivity index (χ3v) is 3.46. The second kappa shape index (κ2) is 5.59. The zero-order chi connectivity index (χ0) is 12.1. The number of carbonyl (C=O) groups excluding carboxylic acids is 1. The van der Waals surface area contributed by atoms with Gasteiger partial charge in [-0.1, -0.05) is 29.2 Å². The van der Waals surface area contributed by atoms with Crippen LogP contribution in [0.3, 0.4) is 0 Å². The number of aromatic nitrogens is 1. The number of amides is 1. The third-order valence-electron chi connectivity index (χ3n) is 1.76. The second-order valence-corrected chi connectivity index (χ2v) is 4.90. The number of hydrogen-bond acceptors (Lipinski definition) is 5. The fraction of sp³-hybridized carbons (Fsp3) is 0.0909. The molecule has 2 aromatic rings. The van der Waals surface area contributed by atoms with Gasteiger partial charge >= 0.3 is 0 Å². The molecule has 0 aliphatic heterocycles. The van der Waals surface area contributed by atoms with Gasteiger partial charge < -0.3 is 5.11 Å². The first-order valence-corrected chi connectivity index (χ1v) is 6.39. The first kappa shape index (κ1) is 11.8. The number of thiazole rings is 1. The highest BCUT2D eigenvalue weighted by molar-refractivity contribution is 7.16. The minimum absolute atomic E-state index is 0.170.